The summed E-state index contributed by atoms with van der Waals surface area (Å²) in [6.45, 7) is 12.0. The maximum Gasteiger partial charge on any atom is 0.145 e. The molecular formula is C20H29N3O2. The summed E-state index contributed by atoms with van der Waals surface area (Å²) in [7, 11) is 1.00. The number of hydrogen-bond acceptors (Lipinski definition) is 5. The second-order valence-corrected chi connectivity index (χ2v) is 5.35. The van der Waals surface area contributed by atoms with Crippen molar-refractivity contribution >= 4 is 17.7 Å². The molecule has 0 aromatic carbocycles. The number of carbonyl (C=O) groups is 1. The molecule has 0 aliphatic heterocycles. The fraction of sp³-hybridized carbons (Fsp3) is 0.350. The van der Waals surface area contributed by atoms with E-state index in [1.807, 2.05) is 6.08 Å². The summed E-state index contributed by atoms with van der Waals surface area (Å²) >= 11 is 0. The first-order valence-electron chi connectivity index (χ1n) is 8.29. The third-order valence-electron chi connectivity index (χ3n) is 3.26. The van der Waals surface area contributed by atoms with Gasteiger partial charge in [0.15, 0.2) is 0 Å². The Labute approximate surface area is 150 Å². The molecule has 5 heteroatoms. The highest BCUT2D eigenvalue weighted by molar-refractivity contribution is 5.75. The lowest BCUT2D eigenvalue weighted by atomic mass is 10.1. The normalized spacial score (nSPS) is 12.1. The van der Waals surface area contributed by atoms with Gasteiger partial charge in [0.05, 0.1) is 18.1 Å². The molecule has 1 rings (SSSR count). The van der Waals surface area contributed by atoms with E-state index in [0.717, 1.165) is 24.9 Å². The summed E-state index contributed by atoms with van der Waals surface area (Å²) in [6, 6.07) is 0.348. The van der Waals surface area contributed by atoms with E-state index in [-0.39, 0.29) is 0 Å². The molecule has 1 atom stereocenters. The van der Waals surface area contributed by atoms with Crippen molar-refractivity contribution in [3.63, 3.8) is 0 Å². The second-order valence-electron chi connectivity index (χ2n) is 5.35. The van der Waals surface area contributed by atoms with Gasteiger partial charge < -0.3 is 10.4 Å². The lowest BCUT2D eigenvalue weighted by Gasteiger charge is -2.14. The molecule has 1 heterocycles. The van der Waals surface area contributed by atoms with Crippen molar-refractivity contribution in [1.29, 1.82) is 0 Å². The standard InChI is InChI=1S/C19H25N3O.CH4O/c1-5-7-10-16(4)21-19-14-20-13-18(22-19)17(6-2)12-15(3)9-8-11-23;1-2/h6,8-9,11-14,16H,2-3,5,7,10H2,1,4H3,(H,21,22);2H,1H3/b9-8+,17-12+;. The van der Waals surface area contributed by atoms with E-state index < -0.39 is 0 Å². The highest BCUT2D eigenvalue weighted by Crippen LogP contribution is 2.17. The Morgan fingerprint density at radius 2 is 2.12 bits per heavy atom. The zero-order valence-corrected chi connectivity index (χ0v) is 15.4. The first-order chi connectivity index (χ1) is 12.1. The molecule has 0 spiro atoms. The third kappa shape index (κ3) is 9.37. The molecule has 0 saturated heterocycles. The van der Waals surface area contributed by atoms with Crippen molar-refractivity contribution in [2.24, 2.45) is 0 Å². The van der Waals surface area contributed by atoms with Crippen LogP contribution < -0.4 is 5.32 Å². The number of allylic oxidation sites excluding steroid dienone is 6. The number of aliphatic hydroxyl groups excluding tert-OH is 1. The summed E-state index contributed by atoms with van der Waals surface area (Å²) in [6.07, 6.45) is 14.1. The average molecular weight is 343 g/mol. The van der Waals surface area contributed by atoms with Crippen LogP contribution in [0.4, 0.5) is 5.82 Å². The lowest BCUT2D eigenvalue weighted by Crippen LogP contribution is -2.16. The fourth-order valence-corrected chi connectivity index (χ4v) is 2.06. The maximum atomic E-state index is 10.4. The second kappa shape index (κ2) is 13.9. The van der Waals surface area contributed by atoms with E-state index in [4.69, 9.17) is 5.11 Å². The number of nitrogens with one attached hydrogen (secondary N) is 1. The van der Waals surface area contributed by atoms with Crippen LogP contribution >= 0.6 is 0 Å². The van der Waals surface area contributed by atoms with Crippen LogP contribution in [0.15, 0.2) is 55.4 Å². The van der Waals surface area contributed by atoms with E-state index in [0.29, 0.717) is 23.6 Å². The Morgan fingerprint density at radius 3 is 2.72 bits per heavy atom. The van der Waals surface area contributed by atoms with Crippen LogP contribution in [0.3, 0.4) is 0 Å². The maximum absolute atomic E-state index is 10.4. The van der Waals surface area contributed by atoms with Gasteiger partial charge in [-0.1, -0.05) is 45.1 Å². The molecule has 0 radical (unpaired) electrons. The highest BCUT2D eigenvalue weighted by Gasteiger charge is 2.06. The van der Waals surface area contributed by atoms with Gasteiger partial charge in [0, 0.05) is 18.7 Å². The summed E-state index contributed by atoms with van der Waals surface area (Å²) in [5.41, 5.74) is 2.22. The highest BCUT2D eigenvalue weighted by atomic mass is 16.2. The summed E-state index contributed by atoms with van der Waals surface area (Å²) in [5.74, 6) is 0.743. The zero-order valence-electron chi connectivity index (χ0n) is 15.4. The van der Waals surface area contributed by atoms with E-state index >= 15 is 0 Å². The van der Waals surface area contributed by atoms with Gasteiger partial charge in [-0.25, -0.2) is 4.98 Å². The van der Waals surface area contributed by atoms with E-state index in [1.165, 1.54) is 18.9 Å². The minimum Gasteiger partial charge on any atom is -0.400 e. The van der Waals surface area contributed by atoms with Crippen LogP contribution in [-0.4, -0.2) is 34.5 Å². The number of aromatic nitrogens is 2. The van der Waals surface area contributed by atoms with Gasteiger partial charge in [-0.05, 0) is 31.1 Å². The summed E-state index contributed by atoms with van der Waals surface area (Å²) < 4.78 is 0. The number of rotatable bonds is 10. The van der Waals surface area contributed by atoms with Crippen LogP contribution in [-0.2, 0) is 4.79 Å². The monoisotopic (exact) mass is 343 g/mol. The van der Waals surface area contributed by atoms with Crippen molar-refractivity contribution in [2.45, 2.75) is 39.2 Å². The number of anilines is 1. The lowest BCUT2D eigenvalue weighted by molar-refractivity contribution is -0.104. The molecule has 5 nitrogen and oxygen atoms in total. The topological polar surface area (TPSA) is 75.1 Å². The van der Waals surface area contributed by atoms with Gasteiger partial charge in [-0.15, -0.1) is 0 Å². The van der Waals surface area contributed by atoms with Crippen molar-refractivity contribution in [2.75, 3.05) is 12.4 Å². The zero-order chi connectivity index (χ0) is 19.1. The van der Waals surface area contributed by atoms with Crippen LogP contribution in [0.1, 0.15) is 38.8 Å². The van der Waals surface area contributed by atoms with Crippen LogP contribution in [0, 0.1) is 0 Å². The van der Waals surface area contributed by atoms with Gasteiger partial charge >= 0.3 is 0 Å². The van der Waals surface area contributed by atoms with Crippen molar-refractivity contribution in [1.82, 2.24) is 9.97 Å². The van der Waals surface area contributed by atoms with Crippen molar-refractivity contribution in [3.8, 4) is 0 Å². The molecule has 1 unspecified atom stereocenters. The predicted molar refractivity (Wildman–Crippen MR) is 105 cm³/mol. The molecule has 0 amide bonds. The molecule has 1 aromatic rings. The van der Waals surface area contributed by atoms with Crippen LogP contribution in [0.25, 0.3) is 5.57 Å². The number of aldehydes is 1. The molecule has 0 aliphatic carbocycles. The summed E-state index contributed by atoms with van der Waals surface area (Å²) in [5, 5.41) is 10.4. The first kappa shape index (κ1) is 22.5. The van der Waals surface area contributed by atoms with Gasteiger partial charge in [-0.2, -0.15) is 0 Å². The predicted octanol–water partition coefficient (Wildman–Crippen LogP) is 3.96. The molecule has 0 bridgehead atoms. The molecule has 0 fully saturated rings. The molecule has 0 saturated carbocycles. The fourth-order valence-electron chi connectivity index (χ4n) is 2.06. The molecule has 136 valence electrons. The van der Waals surface area contributed by atoms with Crippen molar-refractivity contribution < 1.29 is 9.90 Å². The van der Waals surface area contributed by atoms with Gasteiger partial charge in [-0.3, -0.25) is 9.78 Å². The Kier molecular flexibility index (Phi) is 12.5. The average Bonchev–Trinajstić information content (AvgIpc) is 2.64. The number of nitrogens with zero attached hydrogens (tertiary/aromatic N) is 2. The number of aliphatic hydroxyl groups is 1. The van der Waals surface area contributed by atoms with Crippen LogP contribution in [0.5, 0.6) is 0 Å². The molecule has 0 aliphatic rings. The van der Waals surface area contributed by atoms with Gasteiger partial charge in [0.25, 0.3) is 0 Å². The SMILES string of the molecule is C=C/C(=C\C(=C)/C=C/C=O)c1cncc(NC(C)CCCC)n1.CO. The molecular weight excluding hydrogens is 314 g/mol. The smallest absolute Gasteiger partial charge is 0.145 e. The Balaban J connectivity index is 0.00000277. The van der Waals surface area contributed by atoms with E-state index in [2.05, 4.69) is 42.3 Å². The molecule has 1 aromatic heterocycles. The van der Waals surface area contributed by atoms with Crippen molar-refractivity contribution in [3.05, 3.63) is 61.1 Å². The minimum absolute atomic E-state index is 0.348. The van der Waals surface area contributed by atoms with Gasteiger partial charge in [0.1, 0.15) is 12.1 Å². The quantitative estimate of drug-likeness (QED) is 0.382. The number of carbonyl (C=O) groups excluding carboxylic acids is 1. The minimum atomic E-state index is 0.348. The Hall–Kier alpha value is -2.53. The molecule has 25 heavy (non-hydrogen) atoms. The van der Waals surface area contributed by atoms with E-state index in [1.54, 1.807) is 24.5 Å². The molecule has 2 N–H and O–H groups in total. The largest absolute Gasteiger partial charge is 0.400 e. The van der Waals surface area contributed by atoms with E-state index in [9.17, 15) is 4.79 Å². The summed E-state index contributed by atoms with van der Waals surface area (Å²) in [4.78, 5) is 19.2. The van der Waals surface area contributed by atoms with Crippen LogP contribution in [0.2, 0.25) is 0 Å². The Bertz CT molecular complexity index is 607. The van der Waals surface area contributed by atoms with Gasteiger partial charge in [0.2, 0.25) is 0 Å². The number of hydrogen-bond donors (Lipinski definition) is 2. The number of unbranched alkanes of at least 4 members (excludes halogenated alkanes) is 1. The Morgan fingerprint density at radius 1 is 1.40 bits per heavy atom. The third-order valence-corrected chi connectivity index (χ3v) is 3.26. The first-order valence-corrected chi connectivity index (χ1v) is 8.29.